The zero-order valence-electron chi connectivity index (χ0n) is 11.5. The quantitative estimate of drug-likeness (QED) is 0.869. The van der Waals surface area contributed by atoms with Crippen LogP contribution in [0.1, 0.15) is 34.7 Å². The number of aromatic carboxylic acids is 1. The molecule has 2 aromatic rings. The van der Waals surface area contributed by atoms with Gasteiger partial charge < -0.3 is 9.84 Å². The van der Waals surface area contributed by atoms with Gasteiger partial charge in [-0.1, -0.05) is 35.5 Å². The van der Waals surface area contributed by atoms with Gasteiger partial charge in [0.1, 0.15) is 0 Å². The van der Waals surface area contributed by atoms with Crippen LogP contribution >= 0.6 is 0 Å². The number of rotatable bonds is 6. The summed E-state index contributed by atoms with van der Waals surface area (Å²) in [4.78, 5) is 11.2. The van der Waals surface area contributed by atoms with Crippen LogP contribution in [-0.4, -0.2) is 39.8 Å². The largest absolute Gasteiger partial charge is 0.476 e. The molecule has 0 radical (unpaired) electrons. The zero-order chi connectivity index (χ0) is 14.5. The molecule has 1 aromatic carbocycles. The van der Waals surface area contributed by atoms with Crippen molar-refractivity contribution in [2.75, 3.05) is 13.7 Å². The van der Waals surface area contributed by atoms with Crippen molar-refractivity contribution in [3.63, 3.8) is 0 Å². The number of nitrogens with zero attached hydrogens (tertiary/aromatic N) is 3. The molecule has 2 rings (SSSR count). The highest BCUT2D eigenvalue weighted by atomic mass is 16.5. The normalized spacial score (nSPS) is 12.3. The molecule has 0 amide bonds. The van der Waals surface area contributed by atoms with Crippen LogP contribution in [0, 0.1) is 0 Å². The van der Waals surface area contributed by atoms with E-state index in [2.05, 4.69) is 10.3 Å². The first-order valence-electron chi connectivity index (χ1n) is 6.36. The molecular formula is C14H17N3O3. The summed E-state index contributed by atoms with van der Waals surface area (Å²) in [5.41, 5.74) is 1.62. The molecule has 0 aliphatic rings. The van der Waals surface area contributed by atoms with Crippen molar-refractivity contribution in [3.05, 3.63) is 47.3 Å². The van der Waals surface area contributed by atoms with Gasteiger partial charge in [0.15, 0.2) is 5.69 Å². The van der Waals surface area contributed by atoms with E-state index < -0.39 is 5.97 Å². The molecule has 1 heterocycles. The van der Waals surface area contributed by atoms with Crippen LogP contribution in [0.25, 0.3) is 0 Å². The topological polar surface area (TPSA) is 77.2 Å². The smallest absolute Gasteiger partial charge is 0.358 e. The molecule has 0 saturated carbocycles. The Kier molecular flexibility index (Phi) is 4.47. The highest BCUT2D eigenvalue weighted by Crippen LogP contribution is 2.20. The number of methoxy groups -OCH3 is 1. The van der Waals surface area contributed by atoms with Gasteiger partial charge in [0, 0.05) is 13.5 Å². The van der Waals surface area contributed by atoms with Crippen LogP contribution in [0.15, 0.2) is 30.3 Å². The van der Waals surface area contributed by atoms with Gasteiger partial charge in [0.05, 0.1) is 18.3 Å². The molecule has 0 spiro atoms. The Labute approximate surface area is 117 Å². The van der Waals surface area contributed by atoms with Crippen LogP contribution in [0.2, 0.25) is 0 Å². The molecule has 1 atom stereocenters. The number of carbonyl (C=O) groups is 1. The lowest BCUT2D eigenvalue weighted by atomic mass is 10.1. The molecule has 1 N–H and O–H groups in total. The third kappa shape index (κ3) is 2.85. The Morgan fingerprint density at radius 2 is 2.10 bits per heavy atom. The maximum absolute atomic E-state index is 11.2. The van der Waals surface area contributed by atoms with Gasteiger partial charge in [-0.25, -0.2) is 9.48 Å². The van der Waals surface area contributed by atoms with Crippen LogP contribution in [0.5, 0.6) is 0 Å². The minimum Gasteiger partial charge on any atom is -0.476 e. The molecule has 20 heavy (non-hydrogen) atoms. The summed E-state index contributed by atoms with van der Waals surface area (Å²) in [7, 11) is 1.58. The second-order valence-electron chi connectivity index (χ2n) is 4.46. The number of carboxylic acids is 1. The maximum atomic E-state index is 11.2. The number of ether oxygens (including phenoxy) is 1. The Balaban J connectivity index is 2.38. The summed E-state index contributed by atoms with van der Waals surface area (Å²) in [5, 5.41) is 16.9. The lowest BCUT2D eigenvalue weighted by Crippen LogP contribution is -2.15. The summed E-state index contributed by atoms with van der Waals surface area (Å²) < 4.78 is 6.68. The Morgan fingerprint density at radius 1 is 1.40 bits per heavy atom. The molecule has 1 unspecified atom stereocenters. The average Bonchev–Trinajstić information content (AvgIpc) is 2.89. The van der Waals surface area contributed by atoms with Gasteiger partial charge >= 0.3 is 5.97 Å². The minimum atomic E-state index is -1.07. The van der Waals surface area contributed by atoms with Gasteiger partial charge in [-0.15, -0.1) is 5.10 Å². The number of hydrogen-bond acceptors (Lipinski definition) is 4. The van der Waals surface area contributed by atoms with Crippen LogP contribution in [-0.2, 0) is 11.2 Å². The zero-order valence-corrected chi connectivity index (χ0v) is 11.5. The second-order valence-corrected chi connectivity index (χ2v) is 4.46. The van der Waals surface area contributed by atoms with E-state index in [9.17, 15) is 9.90 Å². The van der Waals surface area contributed by atoms with Crippen molar-refractivity contribution in [2.24, 2.45) is 0 Å². The first-order chi connectivity index (χ1) is 9.65. The van der Waals surface area contributed by atoms with E-state index in [0.29, 0.717) is 18.7 Å². The second kappa shape index (κ2) is 6.29. The highest BCUT2D eigenvalue weighted by molar-refractivity contribution is 5.86. The fraction of sp³-hybridized carbons (Fsp3) is 0.357. The molecule has 0 aliphatic carbocycles. The van der Waals surface area contributed by atoms with Crippen molar-refractivity contribution >= 4 is 5.97 Å². The van der Waals surface area contributed by atoms with E-state index in [1.807, 2.05) is 37.3 Å². The molecular weight excluding hydrogens is 258 g/mol. The number of benzene rings is 1. The number of carboxylic acid groups (broad SMARTS) is 1. The van der Waals surface area contributed by atoms with Crippen LogP contribution in [0.4, 0.5) is 0 Å². The lowest BCUT2D eigenvalue weighted by molar-refractivity contribution is 0.0688. The predicted octanol–water partition coefficient (Wildman–Crippen LogP) is 1.77. The van der Waals surface area contributed by atoms with Crippen LogP contribution < -0.4 is 0 Å². The van der Waals surface area contributed by atoms with E-state index in [0.717, 1.165) is 5.56 Å². The third-order valence-electron chi connectivity index (χ3n) is 3.19. The highest BCUT2D eigenvalue weighted by Gasteiger charge is 2.22. The number of hydrogen-bond donors (Lipinski definition) is 1. The van der Waals surface area contributed by atoms with E-state index in [4.69, 9.17) is 4.74 Å². The van der Waals surface area contributed by atoms with Gasteiger partial charge in [0.25, 0.3) is 0 Å². The maximum Gasteiger partial charge on any atom is 0.358 e. The van der Waals surface area contributed by atoms with E-state index in [1.165, 1.54) is 0 Å². The monoisotopic (exact) mass is 275 g/mol. The Morgan fingerprint density at radius 3 is 2.70 bits per heavy atom. The first kappa shape index (κ1) is 14.2. The summed E-state index contributed by atoms with van der Waals surface area (Å²) in [6, 6.07) is 9.70. The Hall–Kier alpha value is -2.21. The predicted molar refractivity (Wildman–Crippen MR) is 72.8 cm³/mol. The minimum absolute atomic E-state index is 0.00942. The fourth-order valence-corrected chi connectivity index (χ4v) is 2.09. The summed E-state index contributed by atoms with van der Waals surface area (Å²) >= 11 is 0. The first-order valence-corrected chi connectivity index (χ1v) is 6.36. The molecule has 0 saturated heterocycles. The van der Waals surface area contributed by atoms with Crippen molar-refractivity contribution in [1.29, 1.82) is 0 Å². The van der Waals surface area contributed by atoms with E-state index >= 15 is 0 Å². The molecule has 6 heteroatoms. The van der Waals surface area contributed by atoms with Gasteiger partial charge in [-0.2, -0.15) is 0 Å². The third-order valence-corrected chi connectivity index (χ3v) is 3.19. The van der Waals surface area contributed by atoms with Crippen molar-refractivity contribution < 1.29 is 14.6 Å². The Bertz CT molecular complexity index is 581. The molecule has 106 valence electrons. The van der Waals surface area contributed by atoms with Crippen LogP contribution in [0.3, 0.4) is 0 Å². The van der Waals surface area contributed by atoms with Crippen molar-refractivity contribution in [1.82, 2.24) is 15.0 Å². The van der Waals surface area contributed by atoms with Crippen molar-refractivity contribution in [2.45, 2.75) is 19.4 Å². The summed E-state index contributed by atoms with van der Waals surface area (Å²) in [6.07, 6.45) is 0.461. The fourth-order valence-electron chi connectivity index (χ4n) is 2.09. The van der Waals surface area contributed by atoms with Crippen molar-refractivity contribution in [3.8, 4) is 0 Å². The van der Waals surface area contributed by atoms with Gasteiger partial charge in [-0.05, 0) is 12.5 Å². The molecule has 0 aliphatic heterocycles. The lowest BCUT2D eigenvalue weighted by Gasteiger charge is -2.15. The van der Waals surface area contributed by atoms with Gasteiger partial charge in [-0.3, -0.25) is 0 Å². The van der Waals surface area contributed by atoms with E-state index in [1.54, 1.807) is 11.8 Å². The summed E-state index contributed by atoms with van der Waals surface area (Å²) in [5.74, 6) is -1.07. The molecule has 0 bridgehead atoms. The number of aromatic nitrogens is 3. The molecule has 1 aromatic heterocycles. The van der Waals surface area contributed by atoms with Gasteiger partial charge in [0.2, 0.25) is 0 Å². The molecule has 0 fully saturated rings. The van der Waals surface area contributed by atoms with E-state index in [-0.39, 0.29) is 11.7 Å². The SMILES string of the molecule is COCCc1c(C(=O)O)nnn1C(C)c1ccccc1. The standard InChI is InChI=1S/C14H17N3O3/c1-10(11-6-4-3-5-7-11)17-12(8-9-20-2)13(14(18)19)15-16-17/h3-7,10H,8-9H2,1-2H3,(H,18,19). The molecule has 6 nitrogen and oxygen atoms in total. The average molecular weight is 275 g/mol. The summed E-state index contributed by atoms with van der Waals surface area (Å²) in [6.45, 7) is 2.39.